The van der Waals surface area contributed by atoms with Crippen molar-refractivity contribution >= 4 is 23.5 Å². The normalized spacial score (nSPS) is 12.0. The molecule has 1 aromatic carbocycles. The number of rotatable bonds is 7. The van der Waals surface area contributed by atoms with Crippen LogP contribution in [0.5, 0.6) is 0 Å². The maximum absolute atomic E-state index is 11.8. The monoisotopic (exact) mass is 293 g/mol. The van der Waals surface area contributed by atoms with Crippen molar-refractivity contribution < 1.29 is 19.5 Å². The van der Waals surface area contributed by atoms with E-state index in [9.17, 15) is 14.4 Å². The van der Waals surface area contributed by atoms with E-state index in [1.54, 1.807) is 31.0 Å². The number of carbonyl (C=O) groups excluding carboxylic acids is 2. The summed E-state index contributed by atoms with van der Waals surface area (Å²) in [5.74, 6) is -1.69. The molecule has 2 amide bonds. The molecule has 7 heteroatoms. The number of benzene rings is 1. The van der Waals surface area contributed by atoms with Crippen molar-refractivity contribution in [3.8, 4) is 0 Å². The minimum absolute atomic E-state index is 0.172. The molecule has 0 bridgehead atoms. The predicted molar refractivity (Wildman–Crippen MR) is 77.9 cm³/mol. The lowest BCUT2D eigenvalue weighted by Gasteiger charge is -2.20. The predicted octanol–water partition coefficient (Wildman–Crippen LogP) is 0.519. The summed E-state index contributed by atoms with van der Waals surface area (Å²) >= 11 is 0. The van der Waals surface area contributed by atoms with Gasteiger partial charge in [0.2, 0.25) is 11.8 Å². The van der Waals surface area contributed by atoms with Gasteiger partial charge in [0.25, 0.3) is 0 Å². The number of hydrogen-bond donors (Lipinski definition) is 3. The Labute approximate surface area is 122 Å². The number of anilines is 1. The summed E-state index contributed by atoms with van der Waals surface area (Å²) < 4.78 is 0. The first-order valence-electron chi connectivity index (χ1n) is 6.44. The molecule has 0 spiro atoms. The van der Waals surface area contributed by atoms with Gasteiger partial charge in [0.1, 0.15) is 6.04 Å². The second kappa shape index (κ2) is 7.39. The topological polar surface area (TPSA) is 113 Å². The Bertz CT molecular complexity index is 528. The summed E-state index contributed by atoms with van der Waals surface area (Å²) in [4.78, 5) is 35.0. The number of carbonyl (C=O) groups is 3. The number of hydrogen-bond acceptors (Lipinski definition) is 4. The minimum Gasteiger partial charge on any atom is -0.480 e. The van der Waals surface area contributed by atoms with Crippen LogP contribution in [0, 0.1) is 0 Å². The second-order valence-corrected chi connectivity index (χ2v) is 4.73. The third-order valence-electron chi connectivity index (χ3n) is 3.16. The number of nitrogens with zero attached hydrogens (tertiary/aromatic N) is 1. The van der Waals surface area contributed by atoms with Crippen LogP contribution in [0.3, 0.4) is 0 Å². The Hall–Kier alpha value is -2.41. The Kier molecular flexibility index (Phi) is 5.86. The molecule has 0 aliphatic carbocycles. The molecule has 0 aliphatic heterocycles. The maximum Gasteiger partial charge on any atom is 0.320 e. The van der Waals surface area contributed by atoms with E-state index in [-0.39, 0.29) is 12.3 Å². The quantitative estimate of drug-likeness (QED) is 0.678. The number of amides is 2. The number of nitrogens with one attached hydrogen (secondary N) is 1. The third-order valence-corrected chi connectivity index (χ3v) is 3.16. The Balaban J connectivity index is 2.47. The summed E-state index contributed by atoms with van der Waals surface area (Å²) in [6, 6.07) is 5.57. The molecular formula is C14H19N3O4. The molecule has 0 saturated heterocycles. The highest BCUT2D eigenvalue weighted by Crippen LogP contribution is 2.09. The van der Waals surface area contributed by atoms with E-state index in [1.807, 2.05) is 0 Å². The first kappa shape index (κ1) is 16.6. The molecule has 0 radical (unpaired) electrons. The van der Waals surface area contributed by atoms with Gasteiger partial charge in [-0.2, -0.15) is 0 Å². The highest BCUT2D eigenvalue weighted by atomic mass is 16.4. The van der Waals surface area contributed by atoms with Gasteiger partial charge >= 0.3 is 5.97 Å². The van der Waals surface area contributed by atoms with E-state index in [2.05, 4.69) is 5.32 Å². The van der Waals surface area contributed by atoms with Gasteiger partial charge in [-0.05, 0) is 38.2 Å². The molecule has 7 nitrogen and oxygen atoms in total. The molecule has 0 aromatic heterocycles. The highest BCUT2D eigenvalue weighted by Gasteiger charge is 2.17. The van der Waals surface area contributed by atoms with Gasteiger partial charge in [0.05, 0.1) is 0 Å². The van der Waals surface area contributed by atoms with E-state index in [1.165, 1.54) is 12.1 Å². The van der Waals surface area contributed by atoms with Crippen LogP contribution in [0.25, 0.3) is 0 Å². The number of primary amides is 1. The Morgan fingerprint density at radius 3 is 2.33 bits per heavy atom. The van der Waals surface area contributed by atoms with Gasteiger partial charge in [-0.3, -0.25) is 19.3 Å². The number of nitrogens with two attached hydrogens (primary N) is 1. The van der Waals surface area contributed by atoms with Gasteiger partial charge in [-0.25, -0.2) is 0 Å². The first-order chi connectivity index (χ1) is 9.81. The lowest BCUT2D eigenvalue weighted by molar-refractivity contribution is -0.142. The van der Waals surface area contributed by atoms with Gasteiger partial charge in [-0.1, -0.05) is 0 Å². The molecule has 1 atom stereocenters. The summed E-state index contributed by atoms with van der Waals surface area (Å²) in [6.07, 6.45) is 0.172. The van der Waals surface area contributed by atoms with Gasteiger partial charge in [-0.15, -0.1) is 0 Å². The molecule has 114 valence electrons. The van der Waals surface area contributed by atoms with Gasteiger partial charge in [0, 0.05) is 24.2 Å². The van der Waals surface area contributed by atoms with Crippen molar-refractivity contribution in [3.05, 3.63) is 29.8 Å². The van der Waals surface area contributed by atoms with Crippen molar-refractivity contribution in [2.24, 2.45) is 5.73 Å². The van der Waals surface area contributed by atoms with Crippen molar-refractivity contribution in [1.82, 2.24) is 4.90 Å². The number of likely N-dealkylation sites (N-methyl/N-ethyl adjacent to an activating group) is 1. The molecule has 0 aliphatic rings. The summed E-state index contributed by atoms with van der Waals surface area (Å²) in [7, 11) is 1.65. The zero-order valence-corrected chi connectivity index (χ0v) is 12.0. The summed E-state index contributed by atoms with van der Waals surface area (Å²) in [6.45, 7) is 1.89. The molecule has 0 heterocycles. The van der Waals surface area contributed by atoms with E-state index < -0.39 is 17.9 Å². The molecule has 4 N–H and O–H groups in total. The smallest absolute Gasteiger partial charge is 0.320 e. The van der Waals surface area contributed by atoms with Crippen molar-refractivity contribution in [1.29, 1.82) is 0 Å². The van der Waals surface area contributed by atoms with Crippen LogP contribution in [-0.4, -0.2) is 47.4 Å². The molecule has 1 aromatic rings. The van der Waals surface area contributed by atoms with Crippen LogP contribution >= 0.6 is 0 Å². The average molecular weight is 293 g/mol. The van der Waals surface area contributed by atoms with Gasteiger partial charge < -0.3 is 16.2 Å². The van der Waals surface area contributed by atoms with Crippen molar-refractivity contribution in [2.75, 3.05) is 18.9 Å². The van der Waals surface area contributed by atoms with Crippen LogP contribution in [0.2, 0.25) is 0 Å². The standard InChI is InChI=1S/C14H19N3O4/c1-9(14(20)21)17(2)8-7-12(18)16-11-5-3-10(4-6-11)13(15)19/h3-6,9H,7-8H2,1-2H3,(H2,15,19)(H,16,18)(H,20,21). The molecule has 1 rings (SSSR count). The molecule has 21 heavy (non-hydrogen) atoms. The zero-order chi connectivity index (χ0) is 16.0. The van der Waals surface area contributed by atoms with Crippen molar-refractivity contribution in [3.63, 3.8) is 0 Å². The Morgan fingerprint density at radius 2 is 1.86 bits per heavy atom. The van der Waals surface area contributed by atoms with Crippen LogP contribution in [0.15, 0.2) is 24.3 Å². The van der Waals surface area contributed by atoms with E-state index in [4.69, 9.17) is 10.8 Å². The first-order valence-corrected chi connectivity index (χ1v) is 6.44. The van der Waals surface area contributed by atoms with E-state index in [0.29, 0.717) is 17.8 Å². The van der Waals surface area contributed by atoms with Crippen molar-refractivity contribution in [2.45, 2.75) is 19.4 Å². The number of aliphatic carboxylic acids is 1. The highest BCUT2D eigenvalue weighted by molar-refractivity contribution is 5.94. The fraction of sp³-hybridized carbons (Fsp3) is 0.357. The molecule has 0 saturated carbocycles. The van der Waals surface area contributed by atoms with Crippen LogP contribution in [-0.2, 0) is 9.59 Å². The van der Waals surface area contributed by atoms with Crippen LogP contribution < -0.4 is 11.1 Å². The maximum atomic E-state index is 11.8. The van der Waals surface area contributed by atoms with Crippen LogP contribution in [0.4, 0.5) is 5.69 Å². The molecule has 0 fully saturated rings. The van der Waals surface area contributed by atoms with Gasteiger partial charge in [0.15, 0.2) is 0 Å². The lowest BCUT2D eigenvalue weighted by Crippen LogP contribution is -2.37. The SMILES string of the molecule is CC(C(=O)O)N(C)CCC(=O)Nc1ccc(C(N)=O)cc1. The second-order valence-electron chi connectivity index (χ2n) is 4.73. The van der Waals surface area contributed by atoms with E-state index >= 15 is 0 Å². The fourth-order valence-corrected chi connectivity index (χ4v) is 1.60. The summed E-state index contributed by atoms with van der Waals surface area (Å²) in [5, 5.41) is 11.5. The minimum atomic E-state index is -0.931. The Morgan fingerprint density at radius 1 is 1.29 bits per heavy atom. The molecular weight excluding hydrogens is 274 g/mol. The third kappa shape index (κ3) is 5.23. The lowest BCUT2D eigenvalue weighted by atomic mass is 10.2. The largest absolute Gasteiger partial charge is 0.480 e. The number of carboxylic acid groups (broad SMARTS) is 1. The fourth-order valence-electron chi connectivity index (χ4n) is 1.60. The molecule has 1 unspecified atom stereocenters. The van der Waals surface area contributed by atoms with E-state index in [0.717, 1.165) is 0 Å². The zero-order valence-electron chi connectivity index (χ0n) is 12.0. The summed E-state index contributed by atoms with van der Waals surface area (Å²) in [5.41, 5.74) is 6.04. The van der Waals surface area contributed by atoms with Crippen LogP contribution in [0.1, 0.15) is 23.7 Å². The number of carboxylic acids is 1. The average Bonchev–Trinajstić information content (AvgIpc) is 2.44.